The summed E-state index contributed by atoms with van der Waals surface area (Å²) in [5, 5.41) is 4.08. The molecule has 0 aromatic heterocycles. The number of hydrogen-bond acceptors (Lipinski definition) is 3. The van der Waals surface area contributed by atoms with Crippen molar-refractivity contribution in [3.8, 4) is 5.75 Å². The predicted molar refractivity (Wildman–Crippen MR) is 123 cm³/mol. The normalized spacial score (nSPS) is 14.8. The number of halogens is 3. The van der Waals surface area contributed by atoms with E-state index in [-0.39, 0.29) is 5.70 Å². The molecule has 0 spiro atoms. The molecule has 1 N–H and O–H groups in total. The van der Waals surface area contributed by atoms with Crippen LogP contribution < -0.4 is 15.0 Å². The molecule has 4 rings (SSSR count). The van der Waals surface area contributed by atoms with Crippen LogP contribution in [0, 0.1) is 0 Å². The van der Waals surface area contributed by atoms with E-state index >= 15 is 0 Å². The number of imide groups is 1. The first-order valence-corrected chi connectivity index (χ1v) is 10.3. The molecule has 8 heteroatoms. The first kappa shape index (κ1) is 21.2. The van der Waals surface area contributed by atoms with Crippen LogP contribution >= 0.6 is 34.8 Å². The van der Waals surface area contributed by atoms with Gasteiger partial charge in [0.05, 0.1) is 15.7 Å². The lowest BCUT2D eigenvalue weighted by Crippen LogP contribution is -2.30. The van der Waals surface area contributed by atoms with Crippen LogP contribution in [0.2, 0.25) is 15.1 Å². The fourth-order valence-electron chi connectivity index (χ4n) is 2.98. The highest BCUT2D eigenvalue weighted by Crippen LogP contribution is 2.25. The maximum Gasteiger partial charge on any atom is 0.333 e. The summed E-state index contributed by atoms with van der Waals surface area (Å²) in [7, 11) is 0. The van der Waals surface area contributed by atoms with E-state index in [4.69, 9.17) is 39.5 Å². The summed E-state index contributed by atoms with van der Waals surface area (Å²) in [6.07, 6.45) is 1.61. The highest BCUT2D eigenvalue weighted by molar-refractivity contribution is 6.42. The van der Waals surface area contributed by atoms with Gasteiger partial charge in [-0.2, -0.15) is 0 Å². The largest absolute Gasteiger partial charge is 0.489 e. The van der Waals surface area contributed by atoms with Crippen molar-refractivity contribution in [1.29, 1.82) is 0 Å². The molecule has 0 unspecified atom stereocenters. The maximum atomic E-state index is 12.7. The van der Waals surface area contributed by atoms with Crippen molar-refractivity contribution in [2.24, 2.45) is 0 Å². The Balaban J connectivity index is 1.44. The van der Waals surface area contributed by atoms with E-state index in [1.807, 2.05) is 6.07 Å². The Labute approximate surface area is 193 Å². The van der Waals surface area contributed by atoms with Gasteiger partial charge >= 0.3 is 6.03 Å². The van der Waals surface area contributed by atoms with Crippen molar-refractivity contribution in [2.45, 2.75) is 6.61 Å². The number of amides is 3. The molecule has 156 valence electrons. The third-order valence-corrected chi connectivity index (χ3v) is 5.53. The molecule has 3 aromatic carbocycles. The van der Waals surface area contributed by atoms with Gasteiger partial charge in [-0.3, -0.25) is 4.79 Å². The maximum absolute atomic E-state index is 12.7. The number of carbonyl (C=O) groups excluding carboxylic acids is 2. The molecule has 0 aliphatic carbocycles. The number of carbonyl (C=O) groups is 2. The van der Waals surface area contributed by atoms with E-state index in [1.165, 1.54) is 0 Å². The van der Waals surface area contributed by atoms with Crippen LogP contribution in [0.25, 0.3) is 6.08 Å². The summed E-state index contributed by atoms with van der Waals surface area (Å²) in [6, 6.07) is 18.4. The number of benzene rings is 3. The summed E-state index contributed by atoms with van der Waals surface area (Å²) in [5.74, 6) is 0.213. The fraction of sp³-hybridized carbons (Fsp3) is 0.0435. The van der Waals surface area contributed by atoms with E-state index in [9.17, 15) is 9.59 Å². The quantitative estimate of drug-likeness (QED) is 0.348. The van der Waals surface area contributed by atoms with Crippen molar-refractivity contribution < 1.29 is 14.3 Å². The van der Waals surface area contributed by atoms with Gasteiger partial charge in [0.2, 0.25) is 0 Å². The van der Waals surface area contributed by atoms with Crippen LogP contribution in [0.15, 0.2) is 72.4 Å². The minimum absolute atomic E-state index is 0.185. The Morgan fingerprint density at radius 1 is 0.871 bits per heavy atom. The molecule has 1 aliphatic rings. The van der Waals surface area contributed by atoms with Gasteiger partial charge in [0.1, 0.15) is 18.1 Å². The summed E-state index contributed by atoms with van der Waals surface area (Å²) in [6.45, 7) is 0.335. The topological polar surface area (TPSA) is 58.6 Å². The lowest BCUT2D eigenvalue weighted by molar-refractivity contribution is -0.113. The first-order valence-electron chi connectivity index (χ1n) is 9.20. The highest BCUT2D eigenvalue weighted by Gasteiger charge is 2.34. The number of anilines is 1. The number of rotatable bonds is 5. The second-order valence-electron chi connectivity index (χ2n) is 6.71. The Bertz CT molecular complexity index is 1180. The first-order chi connectivity index (χ1) is 14.9. The fourth-order valence-corrected chi connectivity index (χ4v) is 3.43. The van der Waals surface area contributed by atoms with E-state index in [0.717, 1.165) is 16.0 Å². The number of ether oxygens (including phenoxy) is 1. The van der Waals surface area contributed by atoms with Gasteiger partial charge in [0.15, 0.2) is 0 Å². The molecule has 0 bridgehead atoms. The SMILES string of the molecule is O=C1N/C(=C/c2ccc(OCc3ccc(Cl)c(Cl)c3)cc2)C(=O)N1c1ccc(Cl)cc1. The molecule has 3 aromatic rings. The van der Waals surface area contributed by atoms with Gasteiger partial charge in [-0.15, -0.1) is 0 Å². The molecule has 1 saturated heterocycles. The second kappa shape index (κ2) is 9.02. The predicted octanol–water partition coefficient (Wildman–Crippen LogP) is 6.32. The third kappa shape index (κ3) is 4.85. The second-order valence-corrected chi connectivity index (χ2v) is 7.96. The Morgan fingerprint density at radius 2 is 1.58 bits per heavy atom. The van der Waals surface area contributed by atoms with Gasteiger partial charge < -0.3 is 10.1 Å². The summed E-state index contributed by atoms with van der Waals surface area (Å²) in [5.41, 5.74) is 2.26. The molecule has 0 radical (unpaired) electrons. The average molecular weight is 474 g/mol. The van der Waals surface area contributed by atoms with Gasteiger partial charge in [-0.1, -0.05) is 53.0 Å². The lowest BCUT2D eigenvalue weighted by atomic mass is 10.2. The zero-order valence-electron chi connectivity index (χ0n) is 15.9. The number of nitrogens with zero attached hydrogens (tertiary/aromatic N) is 1. The van der Waals surface area contributed by atoms with E-state index in [2.05, 4.69) is 5.32 Å². The van der Waals surface area contributed by atoms with Gasteiger partial charge in [0, 0.05) is 5.02 Å². The molecule has 1 aliphatic heterocycles. The summed E-state index contributed by atoms with van der Waals surface area (Å²) < 4.78 is 5.76. The monoisotopic (exact) mass is 472 g/mol. The third-order valence-electron chi connectivity index (χ3n) is 4.54. The number of nitrogens with one attached hydrogen (secondary N) is 1. The molecule has 0 saturated carbocycles. The van der Waals surface area contributed by atoms with Crippen molar-refractivity contribution in [2.75, 3.05) is 4.90 Å². The van der Waals surface area contributed by atoms with Crippen LogP contribution in [0.5, 0.6) is 5.75 Å². The Hall–Kier alpha value is -2.99. The van der Waals surface area contributed by atoms with E-state index in [0.29, 0.717) is 33.1 Å². The lowest BCUT2D eigenvalue weighted by Gasteiger charge is -2.11. The minimum Gasteiger partial charge on any atom is -0.489 e. The molecule has 31 heavy (non-hydrogen) atoms. The van der Waals surface area contributed by atoms with Crippen LogP contribution in [-0.4, -0.2) is 11.9 Å². The molecule has 0 atom stereocenters. The molecule has 1 heterocycles. The van der Waals surface area contributed by atoms with Crippen LogP contribution in [0.4, 0.5) is 10.5 Å². The van der Waals surface area contributed by atoms with Gasteiger partial charge in [0.25, 0.3) is 5.91 Å². The van der Waals surface area contributed by atoms with Gasteiger partial charge in [-0.25, -0.2) is 9.69 Å². The smallest absolute Gasteiger partial charge is 0.333 e. The standard InChI is InChI=1S/C23H15Cl3N2O3/c24-16-4-6-17(7-5-16)28-22(29)21(27-23(28)30)12-14-1-8-18(9-2-14)31-13-15-3-10-19(25)20(26)11-15/h1-12H,13H2,(H,27,30)/b21-12+. The highest BCUT2D eigenvalue weighted by atomic mass is 35.5. The van der Waals surface area contributed by atoms with Crippen LogP contribution in [-0.2, 0) is 11.4 Å². The minimum atomic E-state index is -0.514. The molecule has 3 amide bonds. The Morgan fingerprint density at radius 3 is 2.26 bits per heavy atom. The zero-order valence-corrected chi connectivity index (χ0v) is 18.2. The molecule has 5 nitrogen and oxygen atoms in total. The van der Waals surface area contributed by atoms with E-state index in [1.54, 1.807) is 66.7 Å². The Kier molecular flexibility index (Phi) is 6.18. The van der Waals surface area contributed by atoms with Gasteiger partial charge in [-0.05, 0) is 65.7 Å². The zero-order chi connectivity index (χ0) is 22.0. The van der Waals surface area contributed by atoms with Crippen LogP contribution in [0.3, 0.4) is 0 Å². The summed E-state index contributed by atoms with van der Waals surface area (Å²) >= 11 is 17.8. The molecular weight excluding hydrogens is 459 g/mol. The van der Waals surface area contributed by atoms with Crippen LogP contribution in [0.1, 0.15) is 11.1 Å². The molecule has 1 fully saturated rings. The number of urea groups is 1. The van der Waals surface area contributed by atoms with Crippen molar-refractivity contribution >= 4 is 58.5 Å². The number of hydrogen-bond donors (Lipinski definition) is 1. The van der Waals surface area contributed by atoms with Crippen molar-refractivity contribution in [3.05, 3.63) is 98.6 Å². The summed E-state index contributed by atoms with van der Waals surface area (Å²) in [4.78, 5) is 26.0. The average Bonchev–Trinajstić information content (AvgIpc) is 3.03. The van der Waals surface area contributed by atoms with Crippen molar-refractivity contribution in [3.63, 3.8) is 0 Å². The van der Waals surface area contributed by atoms with E-state index < -0.39 is 11.9 Å². The molecular formula is C23H15Cl3N2O3. The van der Waals surface area contributed by atoms with Crippen molar-refractivity contribution in [1.82, 2.24) is 5.32 Å².